The van der Waals surface area contributed by atoms with Gasteiger partial charge in [-0.25, -0.2) is 0 Å². The van der Waals surface area contributed by atoms with Gasteiger partial charge in [-0.1, -0.05) is 13.8 Å². The Kier molecular flexibility index (Phi) is 8.63. The van der Waals surface area contributed by atoms with Crippen molar-refractivity contribution in [3.8, 4) is 17.2 Å². The highest BCUT2D eigenvalue weighted by Crippen LogP contribution is 2.38. The lowest BCUT2D eigenvalue weighted by molar-refractivity contribution is -0.145. The number of hydrogen-bond donors (Lipinski definition) is 1. The first kappa shape index (κ1) is 24.7. The standard InChI is InChI=1S/C24H29NO7/c1-14(2)24(28)25-18-9-7-17(8-10-18)22(27)15(3)32-21(26)13-16-11-19(29-4)23(31-6)20(12-16)30-5/h7-12,14-15H,13H2,1-6H3,(H,25,28)/t15-/m0/s1. The predicted octanol–water partition coefficient (Wildman–Crippen LogP) is 3.66. The van der Waals surface area contributed by atoms with E-state index >= 15 is 0 Å². The molecule has 0 bridgehead atoms. The maximum atomic E-state index is 12.6. The number of carbonyl (C=O) groups is 3. The number of hydrogen-bond acceptors (Lipinski definition) is 7. The molecule has 0 aliphatic heterocycles. The number of Topliss-reactive ketones (excluding diaryl/α,β-unsaturated/α-hetero) is 1. The fraction of sp³-hybridized carbons (Fsp3) is 0.375. The molecule has 1 atom stereocenters. The molecule has 1 amide bonds. The summed E-state index contributed by atoms with van der Waals surface area (Å²) in [6.07, 6.45) is -1.05. The number of esters is 1. The average Bonchev–Trinajstić information content (AvgIpc) is 2.77. The minimum Gasteiger partial charge on any atom is -0.493 e. The summed E-state index contributed by atoms with van der Waals surface area (Å²) < 4.78 is 21.2. The van der Waals surface area contributed by atoms with Gasteiger partial charge in [-0.15, -0.1) is 0 Å². The number of nitrogens with one attached hydrogen (secondary N) is 1. The van der Waals surface area contributed by atoms with Crippen LogP contribution >= 0.6 is 0 Å². The van der Waals surface area contributed by atoms with Crippen molar-refractivity contribution in [2.24, 2.45) is 5.92 Å². The van der Waals surface area contributed by atoms with Crippen molar-refractivity contribution in [1.82, 2.24) is 0 Å². The summed E-state index contributed by atoms with van der Waals surface area (Å²) in [6.45, 7) is 5.10. The molecule has 32 heavy (non-hydrogen) atoms. The van der Waals surface area contributed by atoms with Crippen LogP contribution in [0.1, 0.15) is 36.7 Å². The lowest BCUT2D eigenvalue weighted by atomic mass is 10.1. The predicted molar refractivity (Wildman–Crippen MR) is 120 cm³/mol. The Morgan fingerprint density at radius 2 is 1.44 bits per heavy atom. The summed E-state index contributed by atoms with van der Waals surface area (Å²) in [7, 11) is 4.46. The summed E-state index contributed by atoms with van der Waals surface area (Å²) in [5.41, 5.74) is 1.56. The van der Waals surface area contributed by atoms with E-state index in [4.69, 9.17) is 18.9 Å². The molecule has 0 spiro atoms. The van der Waals surface area contributed by atoms with E-state index in [-0.39, 0.29) is 24.0 Å². The van der Waals surface area contributed by atoms with Gasteiger partial charge in [-0.3, -0.25) is 14.4 Å². The molecular weight excluding hydrogens is 414 g/mol. The summed E-state index contributed by atoms with van der Waals surface area (Å²) in [5.74, 6) is 0.0843. The Hall–Kier alpha value is -3.55. The van der Waals surface area contributed by atoms with E-state index in [1.54, 1.807) is 50.2 Å². The van der Waals surface area contributed by atoms with Crippen LogP contribution in [0.2, 0.25) is 0 Å². The van der Waals surface area contributed by atoms with Crippen molar-refractivity contribution in [3.05, 3.63) is 47.5 Å². The Morgan fingerprint density at radius 1 is 0.875 bits per heavy atom. The molecule has 0 saturated heterocycles. The average molecular weight is 443 g/mol. The van der Waals surface area contributed by atoms with Gasteiger partial charge in [-0.05, 0) is 48.9 Å². The number of carbonyl (C=O) groups excluding carboxylic acids is 3. The lowest BCUT2D eigenvalue weighted by Gasteiger charge is -2.15. The van der Waals surface area contributed by atoms with Crippen LogP contribution in [0.15, 0.2) is 36.4 Å². The second kappa shape index (κ2) is 11.2. The van der Waals surface area contributed by atoms with Gasteiger partial charge in [0.15, 0.2) is 17.6 Å². The maximum Gasteiger partial charge on any atom is 0.310 e. The van der Waals surface area contributed by atoms with E-state index in [2.05, 4.69) is 5.32 Å². The van der Waals surface area contributed by atoms with Gasteiger partial charge in [0.25, 0.3) is 0 Å². The molecule has 0 aromatic heterocycles. The molecule has 2 aromatic rings. The summed E-state index contributed by atoms with van der Waals surface area (Å²) in [6, 6.07) is 9.75. The molecule has 0 heterocycles. The molecule has 0 saturated carbocycles. The smallest absolute Gasteiger partial charge is 0.310 e. The molecule has 0 unspecified atom stereocenters. The van der Waals surface area contributed by atoms with Gasteiger partial charge >= 0.3 is 5.97 Å². The first-order chi connectivity index (χ1) is 15.2. The Bertz CT molecular complexity index is 942. The third-order valence-electron chi connectivity index (χ3n) is 4.71. The Morgan fingerprint density at radius 3 is 1.91 bits per heavy atom. The SMILES string of the molecule is COc1cc(CC(=O)O[C@@H](C)C(=O)c2ccc(NC(=O)C(C)C)cc2)cc(OC)c1OC. The largest absolute Gasteiger partial charge is 0.493 e. The zero-order valence-electron chi connectivity index (χ0n) is 19.2. The van der Waals surface area contributed by atoms with Gasteiger partial charge in [0.2, 0.25) is 17.4 Å². The van der Waals surface area contributed by atoms with E-state index in [1.165, 1.54) is 28.3 Å². The third-order valence-corrected chi connectivity index (χ3v) is 4.71. The minimum absolute atomic E-state index is 0.0749. The lowest BCUT2D eigenvalue weighted by Crippen LogP contribution is -2.25. The van der Waals surface area contributed by atoms with E-state index in [0.717, 1.165) is 0 Å². The molecule has 0 aliphatic carbocycles. The molecule has 0 radical (unpaired) electrons. The van der Waals surface area contributed by atoms with Crippen LogP contribution in [0, 0.1) is 5.92 Å². The summed E-state index contributed by atoms with van der Waals surface area (Å²) in [5, 5.41) is 2.76. The summed E-state index contributed by atoms with van der Waals surface area (Å²) >= 11 is 0. The van der Waals surface area contributed by atoms with E-state index in [9.17, 15) is 14.4 Å². The number of ketones is 1. The molecule has 2 aromatic carbocycles. The third kappa shape index (κ3) is 6.23. The second-order valence-corrected chi connectivity index (χ2v) is 7.43. The van der Waals surface area contributed by atoms with Gasteiger partial charge in [0.05, 0.1) is 27.8 Å². The van der Waals surface area contributed by atoms with E-state index in [0.29, 0.717) is 34.1 Å². The van der Waals surface area contributed by atoms with Crippen molar-refractivity contribution < 1.29 is 33.3 Å². The van der Waals surface area contributed by atoms with Gasteiger partial charge in [0.1, 0.15) is 0 Å². The van der Waals surface area contributed by atoms with Crippen molar-refractivity contribution in [2.75, 3.05) is 26.6 Å². The highest BCUT2D eigenvalue weighted by atomic mass is 16.5. The van der Waals surface area contributed by atoms with Crippen LogP contribution in [0.3, 0.4) is 0 Å². The fourth-order valence-electron chi connectivity index (χ4n) is 2.94. The highest BCUT2D eigenvalue weighted by Gasteiger charge is 2.21. The number of anilines is 1. The quantitative estimate of drug-likeness (QED) is 0.442. The van der Waals surface area contributed by atoms with Crippen molar-refractivity contribution >= 4 is 23.3 Å². The molecule has 8 heteroatoms. The number of amides is 1. The molecule has 8 nitrogen and oxygen atoms in total. The van der Waals surface area contributed by atoms with Crippen LogP contribution in [0.5, 0.6) is 17.2 Å². The fourth-order valence-corrected chi connectivity index (χ4v) is 2.94. The zero-order chi connectivity index (χ0) is 23.8. The maximum absolute atomic E-state index is 12.6. The Balaban J connectivity index is 2.03. The number of rotatable bonds is 10. The van der Waals surface area contributed by atoms with Crippen molar-refractivity contribution in [3.63, 3.8) is 0 Å². The molecular formula is C24H29NO7. The van der Waals surface area contributed by atoms with Gasteiger partial charge in [0, 0.05) is 17.2 Å². The van der Waals surface area contributed by atoms with E-state index < -0.39 is 12.1 Å². The molecule has 172 valence electrons. The minimum atomic E-state index is -0.972. The van der Waals surface area contributed by atoms with Crippen LogP contribution < -0.4 is 19.5 Å². The normalized spacial score (nSPS) is 11.5. The number of benzene rings is 2. The number of methoxy groups -OCH3 is 3. The second-order valence-electron chi connectivity index (χ2n) is 7.43. The zero-order valence-corrected chi connectivity index (χ0v) is 19.2. The first-order valence-electron chi connectivity index (χ1n) is 10.1. The van der Waals surface area contributed by atoms with Crippen molar-refractivity contribution in [1.29, 1.82) is 0 Å². The molecule has 2 rings (SSSR count). The summed E-state index contributed by atoms with van der Waals surface area (Å²) in [4.78, 5) is 36.8. The topological polar surface area (TPSA) is 100 Å². The molecule has 0 aliphatic rings. The first-order valence-corrected chi connectivity index (χ1v) is 10.1. The monoisotopic (exact) mass is 443 g/mol. The van der Waals surface area contributed by atoms with Crippen LogP contribution in [0.25, 0.3) is 0 Å². The number of ether oxygens (including phenoxy) is 4. The molecule has 0 fully saturated rings. The van der Waals surface area contributed by atoms with Crippen molar-refractivity contribution in [2.45, 2.75) is 33.3 Å². The van der Waals surface area contributed by atoms with Crippen LogP contribution in [0.4, 0.5) is 5.69 Å². The Labute approximate surface area is 187 Å². The van der Waals surface area contributed by atoms with Gasteiger partial charge in [-0.2, -0.15) is 0 Å². The van der Waals surface area contributed by atoms with Crippen LogP contribution in [-0.4, -0.2) is 45.1 Å². The van der Waals surface area contributed by atoms with Gasteiger partial charge < -0.3 is 24.3 Å². The molecule has 1 N–H and O–H groups in total. The van der Waals surface area contributed by atoms with E-state index in [1.807, 2.05) is 0 Å². The highest BCUT2D eigenvalue weighted by molar-refractivity contribution is 6.01. The van der Waals surface area contributed by atoms with Crippen LogP contribution in [-0.2, 0) is 20.7 Å².